The van der Waals surface area contributed by atoms with E-state index in [0.717, 1.165) is 75.3 Å². The summed E-state index contributed by atoms with van der Waals surface area (Å²) >= 11 is 0. The molecule has 2 aliphatic rings. The number of aryl methyl sites for hydroxylation is 1. The van der Waals surface area contributed by atoms with Gasteiger partial charge in [-0.3, -0.25) is 24.4 Å². The summed E-state index contributed by atoms with van der Waals surface area (Å²) in [6, 6.07) is 18.0. The zero-order valence-corrected chi connectivity index (χ0v) is 31.5. The van der Waals surface area contributed by atoms with Gasteiger partial charge in [-0.25, -0.2) is 0 Å². The molecule has 3 N–H and O–H groups in total. The average molecular weight is 719 g/mol. The number of aliphatic hydroxyl groups excluding tert-OH is 1. The maximum atomic E-state index is 13.4. The number of rotatable bonds is 12. The molecule has 3 aromatic carbocycles. The molecule has 10 heteroatoms. The van der Waals surface area contributed by atoms with Crippen molar-refractivity contribution in [3.8, 4) is 22.6 Å². The normalized spacial score (nSPS) is 19.2. The summed E-state index contributed by atoms with van der Waals surface area (Å²) in [5, 5.41) is 22.6. The molecule has 0 spiro atoms. The number of pyridine rings is 1. The van der Waals surface area contributed by atoms with Gasteiger partial charge >= 0.3 is 5.97 Å². The number of aliphatic hydroxyl groups is 1. The van der Waals surface area contributed by atoms with E-state index in [2.05, 4.69) is 76.4 Å². The molecule has 4 aromatic rings. The molecular formula is C43H50N4O6. The molecule has 2 aliphatic heterocycles. The quantitative estimate of drug-likeness (QED) is 0.133. The summed E-state index contributed by atoms with van der Waals surface area (Å²) in [7, 11) is 3.26. The minimum Gasteiger partial charge on any atom is -0.496 e. The van der Waals surface area contributed by atoms with Crippen molar-refractivity contribution in [2.75, 3.05) is 45.7 Å². The van der Waals surface area contributed by atoms with Gasteiger partial charge in [-0.05, 0) is 98.2 Å². The number of ether oxygens (including phenoxy) is 2. The van der Waals surface area contributed by atoms with Gasteiger partial charge in [-0.15, -0.1) is 0 Å². The molecule has 0 aliphatic carbocycles. The van der Waals surface area contributed by atoms with Gasteiger partial charge in [0.05, 0.1) is 25.7 Å². The SMILES string of the molecule is COc1cc(C(=O)Nc2cccc(-c3cccc(/C=C/c4cc(OC)c(CN5CCC(C)(C(=O)O)C5)cc4C)c3C)c2C)ncc1CN1CC[C@@H](O)C1. The van der Waals surface area contributed by atoms with Crippen LogP contribution in [0.2, 0.25) is 0 Å². The molecule has 2 saturated heterocycles. The first-order chi connectivity index (χ1) is 25.4. The minimum atomic E-state index is -0.745. The number of carbonyl (C=O) groups excluding carboxylic acids is 1. The zero-order chi connectivity index (χ0) is 37.9. The van der Waals surface area contributed by atoms with Crippen molar-refractivity contribution in [2.45, 2.75) is 59.7 Å². The summed E-state index contributed by atoms with van der Waals surface area (Å²) in [5.41, 5.74) is 9.53. The van der Waals surface area contributed by atoms with Gasteiger partial charge in [0.1, 0.15) is 17.2 Å². The number of likely N-dealkylation sites (tertiary alicyclic amines) is 2. The number of nitrogens with one attached hydrogen (secondary N) is 1. The molecule has 1 aromatic heterocycles. The van der Waals surface area contributed by atoms with Crippen LogP contribution in [0.1, 0.15) is 69.2 Å². The van der Waals surface area contributed by atoms with Crippen LogP contribution in [0.15, 0.2) is 60.8 Å². The number of benzene rings is 3. The Morgan fingerprint density at radius 3 is 2.26 bits per heavy atom. The topological polar surface area (TPSA) is 124 Å². The van der Waals surface area contributed by atoms with Crippen molar-refractivity contribution in [2.24, 2.45) is 5.41 Å². The third-order valence-corrected chi connectivity index (χ3v) is 10.9. The van der Waals surface area contributed by atoms with Gasteiger partial charge < -0.3 is 25.0 Å². The van der Waals surface area contributed by atoms with Crippen molar-refractivity contribution >= 4 is 29.7 Å². The minimum absolute atomic E-state index is 0.261. The Balaban J connectivity index is 1.18. The highest BCUT2D eigenvalue weighted by molar-refractivity contribution is 6.04. The van der Waals surface area contributed by atoms with Crippen LogP contribution in [-0.2, 0) is 17.9 Å². The number of methoxy groups -OCH3 is 2. The van der Waals surface area contributed by atoms with Gasteiger partial charge in [0.15, 0.2) is 0 Å². The van der Waals surface area contributed by atoms with E-state index in [1.165, 1.54) is 0 Å². The van der Waals surface area contributed by atoms with Gasteiger partial charge in [0.25, 0.3) is 5.91 Å². The molecule has 1 amide bonds. The van der Waals surface area contributed by atoms with Gasteiger partial charge in [-0.2, -0.15) is 0 Å². The lowest BCUT2D eigenvalue weighted by atomic mass is 9.90. The highest BCUT2D eigenvalue weighted by Crippen LogP contribution is 2.35. The van der Waals surface area contributed by atoms with Crippen LogP contribution in [0.5, 0.6) is 11.5 Å². The van der Waals surface area contributed by atoms with Crippen LogP contribution in [0.4, 0.5) is 5.69 Å². The van der Waals surface area contributed by atoms with Crippen LogP contribution in [0.3, 0.4) is 0 Å². The lowest BCUT2D eigenvalue weighted by Crippen LogP contribution is -2.31. The van der Waals surface area contributed by atoms with E-state index in [4.69, 9.17) is 9.47 Å². The molecule has 53 heavy (non-hydrogen) atoms. The van der Waals surface area contributed by atoms with Crippen molar-refractivity contribution in [1.82, 2.24) is 14.8 Å². The van der Waals surface area contributed by atoms with E-state index in [1.807, 2.05) is 32.0 Å². The number of hydrogen-bond donors (Lipinski definition) is 3. The Morgan fingerprint density at radius 1 is 0.906 bits per heavy atom. The molecular weight excluding hydrogens is 668 g/mol. The molecule has 0 bridgehead atoms. The number of nitrogens with zero attached hydrogens (tertiary/aromatic N) is 3. The Kier molecular flexibility index (Phi) is 11.3. The Hall–Kier alpha value is -5.03. The van der Waals surface area contributed by atoms with E-state index in [-0.39, 0.29) is 17.7 Å². The number of aliphatic carboxylic acids is 1. The summed E-state index contributed by atoms with van der Waals surface area (Å²) < 4.78 is 11.4. The fourth-order valence-corrected chi connectivity index (χ4v) is 7.51. The average Bonchev–Trinajstić information content (AvgIpc) is 3.74. The summed E-state index contributed by atoms with van der Waals surface area (Å²) in [4.78, 5) is 34.0. The first-order valence-corrected chi connectivity index (χ1v) is 18.1. The molecule has 278 valence electrons. The number of carbonyl (C=O) groups is 2. The third-order valence-electron chi connectivity index (χ3n) is 10.9. The van der Waals surface area contributed by atoms with Gasteiger partial charge in [0, 0.05) is 61.8 Å². The Labute approximate surface area is 312 Å². The maximum Gasteiger partial charge on any atom is 0.310 e. The van der Waals surface area contributed by atoms with E-state index in [1.54, 1.807) is 26.5 Å². The van der Waals surface area contributed by atoms with Crippen molar-refractivity contribution < 1.29 is 29.3 Å². The number of carboxylic acids is 1. The molecule has 0 radical (unpaired) electrons. The number of aromatic nitrogens is 1. The second-order valence-corrected chi connectivity index (χ2v) is 14.7. The second-order valence-electron chi connectivity index (χ2n) is 14.7. The van der Waals surface area contributed by atoms with Gasteiger partial charge in [-0.1, -0.05) is 48.6 Å². The Morgan fingerprint density at radius 2 is 1.58 bits per heavy atom. The van der Waals surface area contributed by atoms with E-state index in [0.29, 0.717) is 44.0 Å². The van der Waals surface area contributed by atoms with Crippen molar-refractivity contribution in [3.05, 3.63) is 105 Å². The lowest BCUT2D eigenvalue weighted by molar-refractivity contribution is -0.147. The molecule has 10 nitrogen and oxygen atoms in total. The summed E-state index contributed by atoms with van der Waals surface area (Å²) in [6.45, 7) is 11.9. The molecule has 0 saturated carbocycles. The zero-order valence-electron chi connectivity index (χ0n) is 31.5. The predicted molar refractivity (Wildman–Crippen MR) is 208 cm³/mol. The predicted octanol–water partition coefficient (Wildman–Crippen LogP) is 6.98. The number of carboxylic acid groups (broad SMARTS) is 1. The first-order valence-electron chi connectivity index (χ1n) is 18.1. The van der Waals surface area contributed by atoms with Crippen LogP contribution < -0.4 is 14.8 Å². The summed E-state index contributed by atoms with van der Waals surface area (Å²) in [6.07, 6.45) is 6.98. The highest BCUT2D eigenvalue weighted by atomic mass is 16.5. The lowest BCUT2D eigenvalue weighted by Gasteiger charge is -2.21. The molecule has 1 unspecified atom stereocenters. The van der Waals surface area contributed by atoms with Gasteiger partial charge in [0.2, 0.25) is 0 Å². The fourth-order valence-electron chi connectivity index (χ4n) is 7.51. The Bertz CT molecular complexity index is 2040. The van der Waals surface area contributed by atoms with Crippen molar-refractivity contribution in [1.29, 1.82) is 0 Å². The third kappa shape index (κ3) is 8.30. The summed E-state index contributed by atoms with van der Waals surface area (Å²) in [5.74, 6) is 0.308. The smallest absolute Gasteiger partial charge is 0.310 e. The number of anilines is 1. The standard InChI is InChI=1S/C43H50N4O6/c1-27-19-32(23-47-18-16-43(4,26-47)42(50)51)39(52-5)20-31(27)14-13-30-9-7-10-35(28(30)2)36-11-8-12-37(29(36)3)45-41(49)38-21-40(53-6)33(22-44-38)24-46-17-15-34(48)25-46/h7-14,19-22,34,48H,15-18,23-26H2,1-6H3,(H,45,49)(H,50,51)/b14-13+/t34-,43?/m1/s1. The highest BCUT2D eigenvalue weighted by Gasteiger charge is 2.40. The molecule has 2 fully saturated rings. The number of β-amino-alcohol motifs (C(OH)–C–C–N with tert-alkyl or cyclic N) is 1. The fraction of sp³-hybridized carbons (Fsp3) is 0.372. The van der Waals surface area contributed by atoms with Crippen LogP contribution in [0, 0.1) is 26.2 Å². The first kappa shape index (κ1) is 37.7. The van der Waals surface area contributed by atoms with Crippen LogP contribution in [-0.4, -0.2) is 83.4 Å². The van der Waals surface area contributed by atoms with Crippen LogP contribution in [0.25, 0.3) is 23.3 Å². The molecule has 2 atom stereocenters. The second kappa shape index (κ2) is 15.9. The monoisotopic (exact) mass is 718 g/mol. The maximum absolute atomic E-state index is 13.4. The molecule has 6 rings (SSSR count). The largest absolute Gasteiger partial charge is 0.496 e. The van der Waals surface area contributed by atoms with Crippen LogP contribution >= 0.6 is 0 Å². The van der Waals surface area contributed by atoms with E-state index in [9.17, 15) is 19.8 Å². The number of hydrogen-bond acceptors (Lipinski definition) is 8. The van der Waals surface area contributed by atoms with E-state index >= 15 is 0 Å². The number of amides is 1. The van der Waals surface area contributed by atoms with Crippen molar-refractivity contribution in [3.63, 3.8) is 0 Å². The van der Waals surface area contributed by atoms with E-state index < -0.39 is 11.4 Å². The molecule has 3 heterocycles.